The van der Waals surface area contributed by atoms with Crippen LogP contribution in [0.25, 0.3) is 0 Å². The van der Waals surface area contributed by atoms with Gasteiger partial charge in [0, 0.05) is 11.9 Å². The SMILES string of the molecule is CCC1(c2ccc(C(C)(C)C)cc2)C=C(C(=O)Oc2ccc(N)cc2)C=N1. The number of hydrogen-bond acceptors (Lipinski definition) is 4. The Balaban J connectivity index is 1.83. The van der Waals surface area contributed by atoms with Crippen LogP contribution in [0.4, 0.5) is 5.69 Å². The molecule has 0 aromatic heterocycles. The van der Waals surface area contributed by atoms with Gasteiger partial charge in [-0.2, -0.15) is 0 Å². The molecule has 1 atom stereocenters. The summed E-state index contributed by atoms with van der Waals surface area (Å²) in [4.78, 5) is 17.2. The van der Waals surface area contributed by atoms with Crippen LogP contribution in [-0.4, -0.2) is 12.2 Å². The van der Waals surface area contributed by atoms with Gasteiger partial charge in [0.1, 0.15) is 11.3 Å². The number of nitrogens with zero attached hydrogens (tertiary/aromatic N) is 1. The summed E-state index contributed by atoms with van der Waals surface area (Å²) in [5, 5.41) is 0. The third-order valence-corrected chi connectivity index (χ3v) is 4.94. The van der Waals surface area contributed by atoms with Crippen LogP contribution in [0.5, 0.6) is 5.75 Å². The highest BCUT2D eigenvalue weighted by Crippen LogP contribution is 2.37. The largest absolute Gasteiger partial charge is 0.423 e. The minimum Gasteiger partial charge on any atom is -0.423 e. The van der Waals surface area contributed by atoms with Crippen molar-refractivity contribution in [1.29, 1.82) is 0 Å². The van der Waals surface area contributed by atoms with Crippen molar-refractivity contribution in [3.63, 3.8) is 0 Å². The summed E-state index contributed by atoms with van der Waals surface area (Å²) in [5.41, 5.74) is 8.67. The van der Waals surface area contributed by atoms with E-state index >= 15 is 0 Å². The van der Waals surface area contributed by atoms with E-state index in [0.717, 1.165) is 12.0 Å². The van der Waals surface area contributed by atoms with Gasteiger partial charge in [0.25, 0.3) is 0 Å². The second kappa shape index (κ2) is 7.03. The zero-order valence-electron chi connectivity index (χ0n) is 16.3. The molecule has 2 aromatic rings. The van der Waals surface area contributed by atoms with Crippen molar-refractivity contribution in [2.75, 3.05) is 5.73 Å². The van der Waals surface area contributed by atoms with E-state index in [9.17, 15) is 4.79 Å². The average molecular weight is 362 g/mol. The first-order valence-electron chi connectivity index (χ1n) is 9.20. The van der Waals surface area contributed by atoms with Crippen LogP contribution in [0, 0.1) is 0 Å². The van der Waals surface area contributed by atoms with Crippen LogP contribution in [-0.2, 0) is 15.7 Å². The number of benzene rings is 2. The van der Waals surface area contributed by atoms with Gasteiger partial charge >= 0.3 is 5.97 Å². The number of carbonyl (C=O) groups excluding carboxylic acids is 1. The molecule has 140 valence electrons. The molecule has 2 N–H and O–H groups in total. The van der Waals surface area contributed by atoms with Crippen molar-refractivity contribution in [2.45, 2.75) is 45.1 Å². The van der Waals surface area contributed by atoms with Gasteiger partial charge in [0.05, 0.1) is 5.57 Å². The molecule has 3 rings (SSSR count). The van der Waals surface area contributed by atoms with Crippen LogP contribution >= 0.6 is 0 Å². The molecule has 0 aliphatic carbocycles. The highest BCUT2D eigenvalue weighted by molar-refractivity contribution is 6.11. The zero-order valence-corrected chi connectivity index (χ0v) is 16.3. The lowest BCUT2D eigenvalue weighted by atomic mass is 9.83. The maximum Gasteiger partial charge on any atom is 0.344 e. The highest BCUT2D eigenvalue weighted by atomic mass is 16.5. The first-order chi connectivity index (χ1) is 12.7. The number of nitrogens with two attached hydrogens (primary N) is 1. The van der Waals surface area contributed by atoms with Crippen LogP contribution in [0.2, 0.25) is 0 Å². The average Bonchev–Trinajstić information content (AvgIpc) is 3.09. The van der Waals surface area contributed by atoms with Gasteiger partial charge < -0.3 is 10.5 Å². The number of aliphatic imine (C=N–C) groups is 1. The first-order valence-corrected chi connectivity index (χ1v) is 9.20. The smallest absolute Gasteiger partial charge is 0.344 e. The van der Waals surface area contributed by atoms with Crippen molar-refractivity contribution in [3.8, 4) is 5.75 Å². The molecular weight excluding hydrogens is 336 g/mol. The van der Waals surface area contributed by atoms with Gasteiger partial charge in [-0.15, -0.1) is 0 Å². The van der Waals surface area contributed by atoms with Crippen molar-refractivity contribution in [1.82, 2.24) is 0 Å². The van der Waals surface area contributed by atoms with Crippen molar-refractivity contribution < 1.29 is 9.53 Å². The Labute approximate surface area is 160 Å². The zero-order chi connectivity index (χ0) is 19.7. The lowest BCUT2D eigenvalue weighted by Gasteiger charge is -2.25. The van der Waals surface area contributed by atoms with E-state index in [1.165, 1.54) is 5.56 Å². The van der Waals surface area contributed by atoms with Crippen LogP contribution in [0.3, 0.4) is 0 Å². The predicted molar refractivity (Wildman–Crippen MR) is 110 cm³/mol. The van der Waals surface area contributed by atoms with E-state index in [1.54, 1.807) is 30.5 Å². The molecule has 27 heavy (non-hydrogen) atoms. The van der Waals surface area contributed by atoms with Gasteiger partial charge in [0.15, 0.2) is 0 Å². The molecule has 1 heterocycles. The molecule has 1 unspecified atom stereocenters. The van der Waals surface area contributed by atoms with E-state index in [1.807, 2.05) is 6.08 Å². The molecule has 0 fully saturated rings. The fourth-order valence-corrected chi connectivity index (χ4v) is 3.14. The molecule has 4 nitrogen and oxygen atoms in total. The second-order valence-electron chi connectivity index (χ2n) is 7.92. The molecule has 0 saturated carbocycles. The monoisotopic (exact) mass is 362 g/mol. The number of hydrogen-bond donors (Lipinski definition) is 1. The molecule has 0 bridgehead atoms. The number of anilines is 1. The van der Waals surface area contributed by atoms with Crippen molar-refractivity contribution >= 4 is 17.9 Å². The predicted octanol–water partition coefficient (Wildman–Crippen LogP) is 4.79. The minimum absolute atomic E-state index is 0.0980. The summed E-state index contributed by atoms with van der Waals surface area (Å²) >= 11 is 0. The van der Waals surface area contributed by atoms with Gasteiger partial charge in [-0.25, -0.2) is 4.79 Å². The summed E-state index contributed by atoms with van der Waals surface area (Å²) < 4.78 is 5.44. The van der Waals surface area contributed by atoms with Gasteiger partial charge in [-0.3, -0.25) is 4.99 Å². The standard InChI is InChI=1S/C23H26N2O2/c1-5-23(18-8-6-17(7-9-18)22(2,3)4)14-16(15-25-23)21(26)27-20-12-10-19(24)11-13-20/h6-15H,5,24H2,1-4H3. The van der Waals surface area contributed by atoms with E-state index in [-0.39, 0.29) is 5.41 Å². The Morgan fingerprint density at radius 1 is 1.07 bits per heavy atom. The summed E-state index contributed by atoms with van der Waals surface area (Å²) in [6.07, 6.45) is 4.27. The Morgan fingerprint density at radius 2 is 1.70 bits per heavy atom. The van der Waals surface area contributed by atoms with Gasteiger partial charge in [-0.1, -0.05) is 52.0 Å². The molecule has 2 aromatic carbocycles. The maximum atomic E-state index is 12.5. The van der Waals surface area contributed by atoms with Crippen LogP contribution in [0.15, 0.2) is 65.2 Å². The van der Waals surface area contributed by atoms with E-state index in [2.05, 4.69) is 57.0 Å². The van der Waals surface area contributed by atoms with E-state index in [0.29, 0.717) is 17.0 Å². The molecule has 4 heteroatoms. The van der Waals surface area contributed by atoms with E-state index in [4.69, 9.17) is 10.5 Å². The van der Waals surface area contributed by atoms with Crippen LogP contribution in [0.1, 0.15) is 45.2 Å². The molecule has 0 radical (unpaired) electrons. The number of nitrogen functional groups attached to an aromatic ring is 1. The minimum atomic E-state index is -0.522. The topological polar surface area (TPSA) is 64.7 Å². The van der Waals surface area contributed by atoms with Gasteiger partial charge in [0.2, 0.25) is 0 Å². The Hall–Kier alpha value is -2.88. The van der Waals surface area contributed by atoms with Crippen molar-refractivity contribution in [2.24, 2.45) is 4.99 Å². The molecule has 1 aliphatic rings. The number of carbonyl (C=O) groups is 1. The normalized spacial score (nSPS) is 19.0. The fraction of sp³-hybridized carbons (Fsp3) is 0.304. The number of rotatable bonds is 4. The summed E-state index contributed by atoms with van der Waals surface area (Å²) in [6, 6.07) is 15.2. The maximum absolute atomic E-state index is 12.5. The fourth-order valence-electron chi connectivity index (χ4n) is 3.14. The Kier molecular flexibility index (Phi) is 4.92. The van der Waals surface area contributed by atoms with Crippen LogP contribution < -0.4 is 10.5 Å². The number of ether oxygens (including phenoxy) is 1. The number of esters is 1. The quantitative estimate of drug-likeness (QED) is 0.483. The lowest BCUT2D eigenvalue weighted by Crippen LogP contribution is -2.19. The summed E-state index contributed by atoms with van der Waals surface area (Å²) in [7, 11) is 0. The van der Waals surface area contributed by atoms with Crippen molar-refractivity contribution in [3.05, 3.63) is 71.3 Å². The molecular formula is C23H26N2O2. The third-order valence-electron chi connectivity index (χ3n) is 4.94. The summed E-state index contributed by atoms with van der Waals surface area (Å²) in [6.45, 7) is 8.64. The Morgan fingerprint density at radius 3 is 2.26 bits per heavy atom. The Bertz CT molecular complexity index is 887. The highest BCUT2D eigenvalue weighted by Gasteiger charge is 2.33. The third kappa shape index (κ3) is 3.95. The van der Waals surface area contributed by atoms with E-state index < -0.39 is 11.5 Å². The lowest BCUT2D eigenvalue weighted by molar-refractivity contribution is -0.129. The molecule has 1 aliphatic heterocycles. The summed E-state index contributed by atoms with van der Waals surface area (Å²) in [5.74, 6) is 0.0530. The molecule has 0 spiro atoms. The second-order valence-corrected chi connectivity index (χ2v) is 7.92. The molecule has 0 amide bonds. The molecule has 0 saturated heterocycles. The van der Waals surface area contributed by atoms with Gasteiger partial charge in [-0.05, 0) is 53.3 Å². The first kappa shape index (κ1) is 18.9.